The predicted octanol–water partition coefficient (Wildman–Crippen LogP) is 2.18. The second-order valence-corrected chi connectivity index (χ2v) is 7.55. The molecule has 0 spiro atoms. The van der Waals surface area contributed by atoms with Gasteiger partial charge in [-0.15, -0.1) is 0 Å². The Labute approximate surface area is 148 Å². The number of carbonyl (C=O) groups is 2. The number of benzene rings is 1. The lowest BCUT2D eigenvalue weighted by atomic mass is 9.94. The SMILES string of the molecule is CC(C)(C)C(=O)N1CCCN(C(=O)c2ccc3c(c2)OCCO3)CC1. The minimum Gasteiger partial charge on any atom is -0.486 e. The number of hydrogen-bond acceptors (Lipinski definition) is 4. The molecule has 2 amide bonds. The summed E-state index contributed by atoms with van der Waals surface area (Å²) in [5.74, 6) is 1.42. The van der Waals surface area contributed by atoms with Gasteiger partial charge in [-0.2, -0.15) is 0 Å². The van der Waals surface area contributed by atoms with E-state index in [0.29, 0.717) is 56.5 Å². The van der Waals surface area contributed by atoms with Crippen molar-refractivity contribution in [2.75, 3.05) is 39.4 Å². The van der Waals surface area contributed by atoms with Crippen LogP contribution in [0.25, 0.3) is 0 Å². The predicted molar refractivity (Wildman–Crippen MR) is 94.0 cm³/mol. The monoisotopic (exact) mass is 346 g/mol. The minimum absolute atomic E-state index is 0.0259. The minimum atomic E-state index is -0.394. The van der Waals surface area contributed by atoms with Crippen molar-refractivity contribution in [3.05, 3.63) is 23.8 Å². The number of rotatable bonds is 1. The van der Waals surface area contributed by atoms with Gasteiger partial charge in [0.05, 0.1) is 0 Å². The molecule has 1 fully saturated rings. The van der Waals surface area contributed by atoms with Gasteiger partial charge in [0.15, 0.2) is 11.5 Å². The molecule has 136 valence electrons. The fraction of sp³-hybridized carbons (Fsp3) is 0.579. The van der Waals surface area contributed by atoms with Gasteiger partial charge < -0.3 is 19.3 Å². The van der Waals surface area contributed by atoms with Crippen LogP contribution >= 0.6 is 0 Å². The van der Waals surface area contributed by atoms with Crippen molar-refractivity contribution in [1.82, 2.24) is 9.80 Å². The molecule has 0 atom stereocenters. The Bertz CT molecular complexity index is 666. The number of hydrogen-bond donors (Lipinski definition) is 0. The van der Waals surface area contributed by atoms with Crippen LogP contribution in [0.2, 0.25) is 0 Å². The fourth-order valence-corrected chi connectivity index (χ4v) is 3.16. The Morgan fingerprint density at radius 2 is 1.56 bits per heavy atom. The molecule has 0 N–H and O–H groups in total. The Kier molecular flexibility index (Phi) is 4.88. The van der Waals surface area contributed by atoms with E-state index in [1.165, 1.54) is 0 Å². The standard InChI is InChI=1S/C19H26N2O4/c1-19(2,3)18(23)21-8-4-7-20(9-10-21)17(22)14-5-6-15-16(13-14)25-12-11-24-15/h5-6,13H,4,7-12H2,1-3H3. The van der Waals surface area contributed by atoms with E-state index < -0.39 is 5.41 Å². The Morgan fingerprint density at radius 1 is 0.920 bits per heavy atom. The lowest BCUT2D eigenvalue weighted by molar-refractivity contribution is -0.139. The van der Waals surface area contributed by atoms with Crippen LogP contribution < -0.4 is 9.47 Å². The van der Waals surface area contributed by atoms with E-state index in [4.69, 9.17) is 9.47 Å². The van der Waals surface area contributed by atoms with Crippen molar-refractivity contribution in [1.29, 1.82) is 0 Å². The fourth-order valence-electron chi connectivity index (χ4n) is 3.16. The van der Waals surface area contributed by atoms with Crippen molar-refractivity contribution in [2.24, 2.45) is 5.41 Å². The molecule has 1 saturated heterocycles. The first-order chi connectivity index (χ1) is 11.9. The number of carbonyl (C=O) groups excluding carboxylic acids is 2. The second-order valence-electron chi connectivity index (χ2n) is 7.55. The van der Waals surface area contributed by atoms with Gasteiger partial charge in [-0.1, -0.05) is 20.8 Å². The van der Waals surface area contributed by atoms with Crippen molar-refractivity contribution < 1.29 is 19.1 Å². The molecule has 25 heavy (non-hydrogen) atoms. The third-order valence-corrected chi connectivity index (χ3v) is 4.50. The van der Waals surface area contributed by atoms with Gasteiger partial charge in [-0.25, -0.2) is 0 Å². The maximum absolute atomic E-state index is 12.8. The van der Waals surface area contributed by atoms with Gasteiger partial charge in [0.1, 0.15) is 13.2 Å². The largest absolute Gasteiger partial charge is 0.486 e. The first-order valence-electron chi connectivity index (χ1n) is 8.84. The summed E-state index contributed by atoms with van der Waals surface area (Å²) < 4.78 is 11.1. The molecule has 0 bridgehead atoms. The lowest BCUT2D eigenvalue weighted by Gasteiger charge is -2.28. The summed E-state index contributed by atoms with van der Waals surface area (Å²) in [4.78, 5) is 29.0. The molecule has 0 saturated carbocycles. The van der Waals surface area contributed by atoms with E-state index in [9.17, 15) is 9.59 Å². The van der Waals surface area contributed by atoms with E-state index in [1.807, 2.05) is 30.6 Å². The molecule has 2 aliphatic rings. The van der Waals surface area contributed by atoms with Crippen LogP contribution in [0.15, 0.2) is 18.2 Å². The maximum Gasteiger partial charge on any atom is 0.254 e. The first kappa shape index (κ1) is 17.6. The van der Waals surface area contributed by atoms with Crippen molar-refractivity contribution in [3.8, 4) is 11.5 Å². The van der Waals surface area contributed by atoms with E-state index in [2.05, 4.69) is 0 Å². The highest BCUT2D eigenvalue weighted by atomic mass is 16.6. The number of fused-ring (bicyclic) bond motifs is 1. The molecular weight excluding hydrogens is 320 g/mol. The Morgan fingerprint density at radius 3 is 2.28 bits per heavy atom. The molecule has 1 aromatic rings. The van der Waals surface area contributed by atoms with Crippen LogP contribution in [0.5, 0.6) is 11.5 Å². The molecule has 2 aliphatic heterocycles. The van der Waals surface area contributed by atoms with Gasteiger partial charge >= 0.3 is 0 Å². The number of amides is 2. The summed E-state index contributed by atoms with van der Waals surface area (Å²) in [5.41, 5.74) is 0.203. The number of ether oxygens (including phenoxy) is 2. The summed E-state index contributed by atoms with van der Waals surface area (Å²) in [5, 5.41) is 0. The second kappa shape index (κ2) is 6.94. The number of nitrogens with zero attached hydrogens (tertiary/aromatic N) is 2. The van der Waals surface area contributed by atoms with Crippen molar-refractivity contribution in [3.63, 3.8) is 0 Å². The molecule has 2 heterocycles. The van der Waals surface area contributed by atoms with Gasteiger partial charge in [-0.05, 0) is 24.6 Å². The Hall–Kier alpha value is -2.24. The summed E-state index contributed by atoms with van der Waals surface area (Å²) in [6, 6.07) is 5.31. The highest BCUT2D eigenvalue weighted by molar-refractivity contribution is 5.95. The van der Waals surface area contributed by atoms with Crippen LogP contribution in [0.4, 0.5) is 0 Å². The van der Waals surface area contributed by atoms with E-state index >= 15 is 0 Å². The zero-order valence-electron chi connectivity index (χ0n) is 15.2. The molecule has 0 aliphatic carbocycles. The topological polar surface area (TPSA) is 59.1 Å². The molecule has 6 heteroatoms. The average molecular weight is 346 g/mol. The highest BCUT2D eigenvalue weighted by Gasteiger charge is 2.29. The van der Waals surface area contributed by atoms with Gasteiger partial charge in [0.25, 0.3) is 5.91 Å². The zero-order valence-corrected chi connectivity index (χ0v) is 15.2. The molecule has 6 nitrogen and oxygen atoms in total. The third-order valence-electron chi connectivity index (χ3n) is 4.50. The van der Waals surface area contributed by atoms with Crippen LogP contribution in [-0.4, -0.2) is 61.0 Å². The zero-order chi connectivity index (χ0) is 18.0. The Balaban J connectivity index is 1.68. The molecule has 0 radical (unpaired) electrons. The molecule has 0 aromatic heterocycles. The van der Waals surface area contributed by atoms with Crippen molar-refractivity contribution in [2.45, 2.75) is 27.2 Å². The molecule has 1 aromatic carbocycles. The molecule has 0 unspecified atom stereocenters. The van der Waals surface area contributed by atoms with Crippen LogP contribution in [0.1, 0.15) is 37.6 Å². The van der Waals surface area contributed by atoms with Gasteiger partial charge in [0.2, 0.25) is 5.91 Å². The van der Waals surface area contributed by atoms with Gasteiger partial charge in [0, 0.05) is 37.2 Å². The van der Waals surface area contributed by atoms with E-state index in [1.54, 1.807) is 18.2 Å². The quantitative estimate of drug-likeness (QED) is 0.782. The first-order valence-corrected chi connectivity index (χ1v) is 8.84. The summed E-state index contributed by atoms with van der Waals surface area (Å²) in [6.45, 7) is 9.29. The maximum atomic E-state index is 12.8. The van der Waals surface area contributed by atoms with Crippen LogP contribution in [-0.2, 0) is 4.79 Å². The normalized spacial score (nSPS) is 17.9. The summed E-state index contributed by atoms with van der Waals surface area (Å²) in [6.07, 6.45) is 0.790. The third kappa shape index (κ3) is 3.89. The van der Waals surface area contributed by atoms with E-state index in [-0.39, 0.29) is 11.8 Å². The average Bonchev–Trinajstić information content (AvgIpc) is 2.85. The molecular formula is C19H26N2O4. The van der Waals surface area contributed by atoms with E-state index in [0.717, 1.165) is 6.42 Å². The van der Waals surface area contributed by atoms with Gasteiger partial charge in [-0.3, -0.25) is 9.59 Å². The molecule has 3 rings (SSSR count). The summed E-state index contributed by atoms with van der Waals surface area (Å²) >= 11 is 0. The van der Waals surface area contributed by atoms with Crippen LogP contribution in [0, 0.1) is 5.41 Å². The highest BCUT2D eigenvalue weighted by Crippen LogP contribution is 2.31. The lowest BCUT2D eigenvalue weighted by Crippen LogP contribution is -2.42. The summed E-state index contributed by atoms with van der Waals surface area (Å²) in [7, 11) is 0. The van der Waals surface area contributed by atoms with Crippen molar-refractivity contribution >= 4 is 11.8 Å². The smallest absolute Gasteiger partial charge is 0.254 e. The van der Waals surface area contributed by atoms with Crippen LogP contribution in [0.3, 0.4) is 0 Å².